The molecule has 1 aromatic carbocycles. The lowest BCUT2D eigenvalue weighted by Gasteiger charge is -2.34. The van der Waals surface area contributed by atoms with Gasteiger partial charge in [0.2, 0.25) is 5.91 Å². The van der Waals surface area contributed by atoms with E-state index in [9.17, 15) is 9.59 Å². The van der Waals surface area contributed by atoms with E-state index in [-0.39, 0.29) is 36.4 Å². The molecule has 2 aromatic heterocycles. The number of anilines is 2. The van der Waals surface area contributed by atoms with Gasteiger partial charge in [-0.25, -0.2) is 18.3 Å². The van der Waals surface area contributed by atoms with Gasteiger partial charge < -0.3 is 15.0 Å². The third-order valence-corrected chi connectivity index (χ3v) is 7.24. The minimum atomic E-state index is -0.748. The Labute approximate surface area is 209 Å². The Kier molecular flexibility index (Phi) is 6.81. The summed E-state index contributed by atoms with van der Waals surface area (Å²) in [5, 5.41) is 16.7. The fraction of sp³-hybridized carbons (Fsp3) is 0.435. The van der Waals surface area contributed by atoms with Crippen molar-refractivity contribution in [2.45, 2.75) is 38.3 Å². The second-order valence-electron chi connectivity index (χ2n) is 8.83. The van der Waals surface area contributed by atoms with Crippen molar-refractivity contribution in [1.82, 2.24) is 25.5 Å². The monoisotopic (exact) mass is 517 g/mol. The largest absolute Gasteiger partial charge is 0.442 e. The molecule has 4 heterocycles. The minimum absolute atomic E-state index is 0.0384. The zero-order chi connectivity index (χ0) is 25.2. The summed E-state index contributed by atoms with van der Waals surface area (Å²) < 4.78 is 37.3. The molecule has 0 aliphatic carbocycles. The number of carbonyl (C=O) groups excluding carboxylic acids is 2. The molecule has 2 saturated heterocycles. The van der Waals surface area contributed by atoms with Gasteiger partial charge in [-0.1, -0.05) is 6.07 Å². The van der Waals surface area contributed by atoms with Crippen molar-refractivity contribution >= 4 is 34.7 Å². The molecule has 0 saturated carbocycles. The highest BCUT2D eigenvalue weighted by Gasteiger charge is 2.34. The number of nitrogens with one attached hydrogen (secondary N) is 1. The summed E-state index contributed by atoms with van der Waals surface area (Å²) in [5.41, 5.74) is -0.0408. The van der Waals surface area contributed by atoms with Gasteiger partial charge in [-0.3, -0.25) is 9.69 Å². The van der Waals surface area contributed by atoms with Crippen LogP contribution in [0.15, 0.2) is 29.6 Å². The molecule has 0 unspecified atom stereocenters. The molecule has 10 nitrogen and oxygen atoms in total. The molecule has 1 N–H and O–H groups in total. The second-order valence-corrected chi connectivity index (χ2v) is 9.86. The van der Waals surface area contributed by atoms with Gasteiger partial charge in [0.25, 0.3) is 0 Å². The molecule has 0 radical (unpaired) electrons. The van der Waals surface area contributed by atoms with Crippen molar-refractivity contribution in [3.8, 4) is 0 Å². The van der Waals surface area contributed by atoms with Crippen molar-refractivity contribution in [1.29, 1.82) is 0 Å². The second kappa shape index (κ2) is 10.2. The van der Waals surface area contributed by atoms with Crippen LogP contribution in [-0.4, -0.2) is 64.5 Å². The Bertz CT molecular complexity index is 1220. The van der Waals surface area contributed by atoms with E-state index in [4.69, 9.17) is 4.74 Å². The van der Waals surface area contributed by atoms with Crippen LogP contribution in [-0.2, 0) is 16.0 Å². The Morgan fingerprint density at radius 3 is 2.67 bits per heavy atom. The SMILES string of the molecule is CC(=O)NC[C@H]1CN(c2cc(F)c(N3CCC(n4nnnc4Cc4cccs4)CC3)c(F)c2)C(=O)O1. The van der Waals surface area contributed by atoms with Crippen molar-refractivity contribution in [2.75, 3.05) is 36.0 Å². The maximum atomic E-state index is 15.1. The lowest BCUT2D eigenvalue weighted by molar-refractivity contribution is -0.119. The number of thiophene rings is 1. The summed E-state index contributed by atoms with van der Waals surface area (Å²) in [6, 6.07) is 6.35. The average Bonchev–Trinajstić information content (AvgIpc) is 3.60. The van der Waals surface area contributed by atoms with Gasteiger partial charge in [-0.2, -0.15) is 0 Å². The third-order valence-electron chi connectivity index (χ3n) is 6.37. The number of hydrogen-bond donors (Lipinski definition) is 1. The van der Waals surface area contributed by atoms with E-state index in [1.54, 1.807) is 16.2 Å². The first-order valence-corrected chi connectivity index (χ1v) is 12.5. The number of piperidine rings is 1. The number of cyclic esters (lactones) is 1. The summed E-state index contributed by atoms with van der Waals surface area (Å²) in [6.45, 7) is 2.43. The molecule has 2 amide bonds. The highest BCUT2D eigenvalue weighted by molar-refractivity contribution is 7.09. The molecule has 3 aromatic rings. The fourth-order valence-corrected chi connectivity index (χ4v) is 5.32. The van der Waals surface area contributed by atoms with Crippen LogP contribution in [0.3, 0.4) is 0 Å². The standard InChI is InChI=1S/C23H25F2N7O3S/c1-14(33)26-12-17-13-31(23(34)35-17)16-9-19(24)22(20(25)10-16)30-6-4-15(5-7-30)32-21(27-28-29-32)11-18-3-2-8-36-18/h2-3,8-10,15,17H,4-7,11-13H2,1H3,(H,26,33)/t17-/m0/s1. The number of ether oxygens (including phenoxy) is 1. The number of nitrogens with zero attached hydrogens (tertiary/aromatic N) is 6. The number of hydrogen-bond acceptors (Lipinski definition) is 8. The van der Waals surface area contributed by atoms with Crippen molar-refractivity contribution in [2.24, 2.45) is 0 Å². The Hall–Kier alpha value is -3.61. The lowest BCUT2D eigenvalue weighted by atomic mass is 10.0. The molecule has 13 heteroatoms. The Morgan fingerprint density at radius 2 is 2.00 bits per heavy atom. The van der Waals surface area contributed by atoms with E-state index < -0.39 is 23.8 Å². The minimum Gasteiger partial charge on any atom is -0.442 e. The predicted molar refractivity (Wildman–Crippen MR) is 128 cm³/mol. The number of amides is 2. The van der Waals surface area contributed by atoms with Gasteiger partial charge in [-0.15, -0.1) is 16.4 Å². The highest BCUT2D eigenvalue weighted by atomic mass is 32.1. The van der Waals surface area contributed by atoms with Crippen molar-refractivity contribution < 1.29 is 23.1 Å². The summed E-state index contributed by atoms with van der Waals surface area (Å²) in [7, 11) is 0. The molecule has 190 valence electrons. The maximum Gasteiger partial charge on any atom is 0.414 e. The van der Waals surface area contributed by atoms with Crippen LogP contribution in [0.1, 0.15) is 36.5 Å². The zero-order valence-corrected chi connectivity index (χ0v) is 20.4. The Balaban J connectivity index is 1.25. The summed E-state index contributed by atoms with van der Waals surface area (Å²) in [6.07, 6.45) is 0.596. The average molecular weight is 518 g/mol. The molecule has 0 bridgehead atoms. The highest BCUT2D eigenvalue weighted by Crippen LogP contribution is 2.34. The molecule has 5 rings (SSSR count). The molecule has 2 aliphatic rings. The summed E-state index contributed by atoms with van der Waals surface area (Å²) in [5.74, 6) is -0.981. The van der Waals surface area contributed by atoms with Crippen LogP contribution in [0.4, 0.5) is 25.0 Å². The number of halogens is 2. The van der Waals surface area contributed by atoms with Gasteiger partial charge in [0.05, 0.1) is 24.8 Å². The number of tetrazole rings is 1. The number of carbonyl (C=O) groups is 2. The first-order valence-electron chi connectivity index (χ1n) is 11.6. The van der Waals surface area contributed by atoms with Crippen molar-refractivity contribution in [3.05, 3.63) is 52.0 Å². The van der Waals surface area contributed by atoms with Gasteiger partial charge in [0, 0.05) is 43.4 Å². The van der Waals surface area contributed by atoms with Gasteiger partial charge in [0.1, 0.15) is 11.8 Å². The Morgan fingerprint density at radius 1 is 1.25 bits per heavy atom. The molecule has 2 fully saturated rings. The molecular weight excluding hydrogens is 492 g/mol. The maximum absolute atomic E-state index is 15.1. The lowest BCUT2D eigenvalue weighted by Crippen LogP contribution is -2.36. The third kappa shape index (κ3) is 5.01. The van der Waals surface area contributed by atoms with Crippen LogP contribution in [0.2, 0.25) is 0 Å². The van der Waals surface area contributed by atoms with Crippen LogP contribution in [0.5, 0.6) is 0 Å². The van der Waals surface area contributed by atoms with E-state index in [0.717, 1.165) is 22.8 Å². The van der Waals surface area contributed by atoms with E-state index >= 15 is 8.78 Å². The van der Waals surface area contributed by atoms with E-state index in [2.05, 4.69) is 20.8 Å². The molecule has 2 aliphatic heterocycles. The molecular formula is C23H25F2N7O3S. The van der Waals surface area contributed by atoms with Crippen molar-refractivity contribution in [3.63, 3.8) is 0 Å². The number of aromatic nitrogens is 4. The van der Waals surface area contributed by atoms with Crippen LogP contribution < -0.4 is 15.1 Å². The number of rotatable bonds is 7. The molecule has 0 spiro atoms. The van der Waals surface area contributed by atoms with E-state index in [1.165, 1.54) is 11.8 Å². The summed E-state index contributed by atoms with van der Waals surface area (Å²) in [4.78, 5) is 27.3. The molecule has 36 heavy (non-hydrogen) atoms. The number of benzene rings is 1. The predicted octanol–water partition coefficient (Wildman–Crippen LogP) is 2.91. The first-order chi connectivity index (χ1) is 17.4. The van der Waals surface area contributed by atoms with Gasteiger partial charge in [-0.05, 0) is 34.7 Å². The fourth-order valence-electron chi connectivity index (χ4n) is 4.62. The van der Waals surface area contributed by atoms with E-state index in [0.29, 0.717) is 32.4 Å². The van der Waals surface area contributed by atoms with Crippen LogP contribution >= 0.6 is 11.3 Å². The molecule has 1 atom stereocenters. The smallest absolute Gasteiger partial charge is 0.414 e. The normalized spacial score (nSPS) is 18.5. The van der Waals surface area contributed by atoms with E-state index in [1.807, 2.05) is 22.2 Å². The van der Waals surface area contributed by atoms with Crippen LogP contribution in [0.25, 0.3) is 0 Å². The van der Waals surface area contributed by atoms with Gasteiger partial charge in [0.15, 0.2) is 17.5 Å². The van der Waals surface area contributed by atoms with Gasteiger partial charge >= 0.3 is 6.09 Å². The topological polar surface area (TPSA) is 105 Å². The summed E-state index contributed by atoms with van der Waals surface area (Å²) >= 11 is 1.64. The van der Waals surface area contributed by atoms with Crippen LogP contribution in [0, 0.1) is 11.6 Å². The quantitative estimate of drug-likeness (QED) is 0.514. The zero-order valence-electron chi connectivity index (χ0n) is 19.6. The first kappa shape index (κ1) is 24.1.